The summed E-state index contributed by atoms with van der Waals surface area (Å²) in [6.45, 7) is 3.78. The van der Waals surface area contributed by atoms with Crippen LogP contribution in [0.15, 0.2) is 67.1 Å². The molecule has 3 aromatic rings. The lowest BCUT2D eigenvalue weighted by molar-refractivity contribution is 0.795. The third-order valence-corrected chi connectivity index (χ3v) is 3.74. The van der Waals surface area contributed by atoms with Crippen molar-refractivity contribution in [2.45, 2.75) is 20.0 Å². The lowest BCUT2D eigenvalue weighted by Gasteiger charge is -2.20. The van der Waals surface area contributed by atoms with E-state index < -0.39 is 0 Å². The third-order valence-electron chi connectivity index (χ3n) is 3.74. The summed E-state index contributed by atoms with van der Waals surface area (Å²) in [7, 11) is 2.13. The van der Waals surface area contributed by atoms with Gasteiger partial charge in [0.25, 0.3) is 0 Å². The van der Waals surface area contributed by atoms with Crippen molar-refractivity contribution in [3.63, 3.8) is 0 Å². The lowest BCUT2D eigenvalue weighted by Crippen LogP contribution is -2.16. The minimum Gasteiger partial charge on any atom is -0.370 e. The highest BCUT2D eigenvalue weighted by Gasteiger charge is 2.04. The Morgan fingerprint density at radius 1 is 1.00 bits per heavy atom. The first-order valence-electron chi connectivity index (χ1n) is 7.53. The predicted molar refractivity (Wildman–Crippen MR) is 91.1 cm³/mol. The van der Waals surface area contributed by atoms with Crippen molar-refractivity contribution in [3.05, 3.63) is 83.9 Å². The molecule has 22 heavy (non-hydrogen) atoms. The second-order valence-electron chi connectivity index (χ2n) is 5.70. The van der Waals surface area contributed by atoms with Crippen LogP contribution in [0.4, 0.5) is 5.69 Å². The zero-order chi connectivity index (χ0) is 15.4. The van der Waals surface area contributed by atoms with Crippen molar-refractivity contribution in [1.82, 2.24) is 9.55 Å². The van der Waals surface area contributed by atoms with Gasteiger partial charge in [-0.3, -0.25) is 0 Å². The van der Waals surface area contributed by atoms with Gasteiger partial charge in [0.05, 0.1) is 12.0 Å². The van der Waals surface area contributed by atoms with E-state index in [9.17, 15) is 0 Å². The van der Waals surface area contributed by atoms with Gasteiger partial charge in [-0.2, -0.15) is 0 Å². The molecule has 0 bridgehead atoms. The Kier molecular flexibility index (Phi) is 4.24. The van der Waals surface area contributed by atoms with E-state index in [1.54, 1.807) is 0 Å². The largest absolute Gasteiger partial charge is 0.370 e. The summed E-state index contributed by atoms with van der Waals surface area (Å²) in [4.78, 5) is 6.55. The average molecular weight is 291 g/mol. The molecule has 0 aliphatic rings. The fraction of sp³-hybridized carbons (Fsp3) is 0.211. The van der Waals surface area contributed by atoms with Gasteiger partial charge in [-0.25, -0.2) is 4.98 Å². The summed E-state index contributed by atoms with van der Waals surface area (Å²) in [5, 5.41) is 0. The highest BCUT2D eigenvalue weighted by Crippen LogP contribution is 2.18. The highest BCUT2D eigenvalue weighted by atomic mass is 15.1. The molecule has 1 heterocycles. The molecule has 3 heteroatoms. The fourth-order valence-electron chi connectivity index (χ4n) is 2.61. The second-order valence-corrected chi connectivity index (χ2v) is 5.70. The van der Waals surface area contributed by atoms with Crippen LogP contribution < -0.4 is 4.90 Å². The van der Waals surface area contributed by atoms with Gasteiger partial charge < -0.3 is 9.47 Å². The number of anilines is 1. The van der Waals surface area contributed by atoms with E-state index in [0.29, 0.717) is 0 Å². The van der Waals surface area contributed by atoms with Crippen LogP contribution >= 0.6 is 0 Å². The number of benzene rings is 2. The molecule has 0 aliphatic carbocycles. The molecule has 112 valence electrons. The molecule has 0 radical (unpaired) electrons. The maximum Gasteiger partial charge on any atom is 0.0952 e. The fourth-order valence-corrected chi connectivity index (χ4v) is 2.61. The van der Waals surface area contributed by atoms with Crippen LogP contribution in [0.5, 0.6) is 0 Å². The van der Waals surface area contributed by atoms with Crippen molar-refractivity contribution in [1.29, 1.82) is 0 Å². The van der Waals surface area contributed by atoms with E-state index in [2.05, 4.69) is 82.3 Å². The van der Waals surface area contributed by atoms with Crippen LogP contribution in [0.3, 0.4) is 0 Å². The third kappa shape index (κ3) is 3.55. The molecule has 0 spiro atoms. The van der Waals surface area contributed by atoms with Crippen LogP contribution in [0.1, 0.15) is 16.8 Å². The molecular weight excluding hydrogens is 270 g/mol. The molecule has 3 rings (SSSR count). The molecule has 0 unspecified atom stereocenters. The molecule has 0 saturated heterocycles. The Balaban J connectivity index is 1.73. The van der Waals surface area contributed by atoms with Gasteiger partial charge in [-0.15, -0.1) is 0 Å². The average Bonchev–Trinajstić information content (AvgIpc) is 2.93. The zero-order valence-corrected chi connectivity index (χ0v) is 13.1. The second kappa shape index (κ2) is 6.48. The lowest BCUT2D eigenvalue weighted by atomic mass is 10.1. The number of imidazole rings is 1. The topological polar surface area (TPSA) is 21.1 Å². The first-order valence-corrected chi connectivity index (χ1v) is 7.53. The minimum absolute atomic E-state index is 0.855. The number of rotatable bonds is 5. The maximum absolute atomic E-state index is 4.28. The Labute approximate surface area is 131 Å². The number of nitrogens with zero attached hydrogens (tertiary/aromatic N) is 3. The Morgan fingerprint density at radius 2 is 1.77 bits per heavy atom. The van der Waals surface area contributed by atoms with Gasteiger partial charge in [-0.1, -0.05) is 42.5 Å². The zero-order valence-electron chi connectivity index (χ0n) is 13.1. The molecule has 0 N–H and O–H groups in total. The van der Waals surface area contributed by atoms with Crippen LogP contribution in [-0.4, -0.2) is 16.6 Å². The van der Waals surface area contributed by atoms with Gasteiger partial charge in [0.2, 0.25) is 0 Å². The molecule has 0 fully saturated rings. The Hall–Kier alpha value is -2.55. The van der Waals surface area contributed by atoms with E-state index >= 15 is 0 Å². The summed E-state index contributed by atoms with van der Waals surface area (Å²) in [6.07, 6.45) is 3.95. The maximum atomic E-state index is 4.28. The highest BCUT2D eigenvalue weighted by molar-refractivity contribution is 5.48. The summed E-state index contributed by atoms with van der Waals surface area (Å²) in [5.74, 6) is 0. The normalized spacial score (nSPS) is 10.6. The van der Waals surface area contributed by atoms with Gasteiger partial charge >= 0.3 is 0 Å². The summed E-state index contributed by atoms with van der Waals surface area (Å²) >= 11 is 0. The number of hydrogen-bond donors (Lipinski definition) is 0. The van der Waals surface area contributed by atoms with Crippen LogP contribution in [0.2, 0.25) is 0 Å². The SMILES string of the molecule is Cc1cn(Cc2cccc(N(C)Cc3ccccc3)c2)cn1. The van der Waals surface area contributed by atoms with Crippen molar-refractivity contribution in [2.75, 3.05) is 11.9 Å². The van der Waals surface area contributed by atoms with Gasteiger partial charge in [0.15, 0.2) is 0 Å². The smallest absolute Gasteiger partial charge is 0.0952 e. The standard InChI is InChI=1S/C19H21N3/c1-16-12-22(15-20-16)14-18-9-6-10-19(11-18)21(2)13-17-7-4-3-5-8-17/h3-12,15H,13-14H2,1-2H3. The van der Waals surface area contributed by atoms with E-state index in [0.717, 1.165) is 18.8 Å². The predicted octanol–water partition coefficient (Wildman–Crippen LogP) is 3.88. The first-order chi connectivity index (χ1) is 10.7. The summed E-state index contributed by atoms with van der Waals surface area (Å²) in [5.41, 5.74) is 4.89. The molecule has 3 nitrogen and oxygen atoms in total. The molecule has 0 saturated carbocycles. The number of aromatic nitrogens is 2. The van der Waals surface area contributed by atoms with E-state index in [1.807, 2.05) is 13.3 Å². The molecule has 2 aromatic carbocycles. The summed E-state index contributed by atoms with van der Waals surface area (Å²) < 4.78 is 2.12. The van der Waals surface area contributed by atoms with Crippen LogP contribution in [-0.2, 0) is 13.1 Å². The van der Waals surface area contributed by atoms with Gasteiger partial charge in [-0.05, 0) is 30.2 Å². The quantitative estimate of drug-likeness (QED) is 0.711. The van der Waals surface area contributed by atoms with Gasteiger partial charge in [0, 0.05) is 32.0 Å². The Morgan fingerprint density at radius 3 is 2.50 bits per heavy atom. The van der Waals surface area contributed by atoms with Crippen molar-refractivity contribution in [2.24, 2.45) is 0 Å². The number of hydrogen-bond acceptors (Lipinski definition) is 2. The van der Waals surface area contributed by atoms with Crippen molar-refractivity contribution >= 4 is 5.69 Å². The molecule has 0 atom stereocenters. The molecule has 1 aromatic heterocycles. The summed E-state index contributed by atoms with van der Waals surface area (Å²) in [6, 6.07) is 19.2. The Bertz CT molecular complexity index is 731. The van der Waals surface area contributed by atoms with E-state index in [-0.39, 0.29) is 0 Å². The molecule has 0 amide bonds. The molecular formula is C19H21N3. The van der Waals surface area contributed by atoms with Crippen LogP contribution in [0, 0.1) is 6.92 Å². The molecule has 0 aliphatic heterocycles. The van der Waals surface area contributed by atoms with Gasteiger partial charge in [0.1, 0.15) is 0 Å². The van der Waals surface area contributed by atoms with Crippen molar-refractivity contribution in [3.8, 4) is 0 Å². The number of aryl methyl sites for hydroxylation is 1. The monoisotopic (exact) mass is 291 g/mol. The first kappa shape index (κ1) is 14.4. The van der Waals surface area contributed by atoms with Crippen LogP contribution in [0.25, 0.3) is 0 Å². The van der Waals surface area contributed by atoms with Crippen molar-refractivity contribution < 1.29 is 0 Å². The van der Waals surface area contributed by atoms with E-state index in [4.69, 9.17) is 0 Å². The van der Waals surface area contributed by atoms with E-state index in [1.165, 1.54) is 16.8 Å². The minimum atomic E-state index is 0.855.